The highest BCUT2D eigenvalue weighted by Gasteiger charge is 2.17. The quantitative estimate of drug-likeness (QED) is 0.155. The first-order chi connectivity index (χ1) is 22.2. The summed E-state index contributed by atoms with van der Waals surface area (Å²) in [7, 11) is 0. The van der Waals surface area contributed by atoms with Crippen LogP contribution >= 0.6 is 0 Å². The van der Waals surface area contributed by atoms with Crippen molar-refractivity contribution in [1.29, 1.82) is 0 Å². The number of hydrogen-bond donors (Lipinski definition) is 4. The number of carbonyl (C=O) groups excluding carboxylic acids is 1. The molecule has 46 heavy (non-hydrogen) atoms. The zero-order valence-electron chi connectivity index (χ0n) is 26.8. The standard InChI is InChI=1S/C23H19N.C13H19N3O.C2H5NO2/c1-16-8-3-5-11-20(16)23-17(2)9-7-12-21(23)19-14-18-10-4-6-13-22(18)24-15-19;1-9-7-11(12(13(14)17)15-8-9)16-10-5-3-2-4-6-10;3-1-2(4)5/h3-15H,1-2H3;7-8,10,16H,2-6H2,1H3,(H2,14,17);1,3H2,(H,4,5). The molecule has 0 aliphatic heterocycles. The predicted molar refractivity (Wildman–Crippen MR) is 187 cm³/mol. The van der Waals surface area contributed by atoms with Crippen LogP contribution in [0.4, 0.5) is 5.69 Å². The Hall–Kier alpha value is -5.08. The lowest BCUT2D eigenvalue weighted by atomic mass is 9.89. The van der Waals surface area contributed by atoms with Crippen molar-refractivity contribution in [2.45, 2.75) is 58.9 Å². The summed E-state index contributed by atoms with van der Waals surface area (Å²) in [4.78, 5) is 29.3. The number of rotatable bonds is 6. The molecule has 0 spiro atoms. The Kier molecular flexibility index (Phi) is 12.0. The summed E-state index contributed by atoms with van der Waals surface area (Å²) in [5, 5.41) is 12.2. The average molecular weight is 618 g/mol. The van der Waals surface area contributed by atoms with Crippen molar-refractivity contribution in [2.75, 3.05) is 11.9 Å². The van der Waals surface area contributed by atoms with Gasteiger partial charge in [0.15, 0.2) is 5.69 Å². The summed E-state index contributed by atoms with van der Waals surface area (Å²) >= 11 is 0. The third kappa shape index (κ3) is 8.99. The Morgan fingerprint density at radius 3 is 2.17 bits per heavy atom. The van der Waals surface area contributed by atoms with Crippen molar-refractivity contribution in [1.82, 2.24) is 9.97 Å². The van der Waals surface area contributed by atoms with Gasteiger partial charge in [0.25, 0.3) is 5.91 Å². The molecule has 2 aromatic heterocycles. The molecule has 238 valence electrons. The van der Waals surface area contributed by atoms with Crippen molar-refractivity contribution in [3.8, 4) is 22.3 Å². The molecule has 8 heteroatoms. The van der Waals surface area contributed by atoms with E-state index < -0.39 is 11.9 Å². The summed E-state index contributed by atoms with van der Waals surface area (Å²) in [6, 6.07) is 28.0. The van der Waals surface area contributed by atoms with Gasteiger partial charge in [-0.15, -0.1) is 0 Å². The number of nitrogens with zero attached hydrogens (tertiary/aromatic N) is 2. The molecular weight excluding hydrogens is 574 g/mol. The number of carbonyl (C=O) groups is 2. The number of aryl methyl sites for hydroxylation is 3. The Labute approximate surface area is 270 Å². The fourth-order valence-electron chi connectivity index (χ4n) is 5.68. The maximum Gasteiger partial charge on any atom is 0.317 e. The highest BCUT2D eigenvalue weighted by molar-refractivity contribution is 5.96. The molecule has 2 heterocycles. The minimum Gasteiger partial charge on any atom is -0.480 e. The highest BCUT2D eigenvalue weighted by atomic mass is 16.4. The predicted octanol–water partition coefficient (Wildman–Crippen LogP) is 7.45. The van der Waals surface area contributed by atoms with Gasteiger partial charge in [-0.25, -0.2) is 4.98 Å². The van der Waals surface area contributed by atoms with E-state index in [1.807, 2.05) is 25.3 Å². The summed E-state index contributed by atoms with van der Waals surface area (Å²) in [5.74, 6) is -1.44. The number of aromatic nitrogens is 2. The normalized spacial score (nSPS) is 12.7. The van der Waals surface area contributed by atoms with E-state index in [9.17, 15) is 9.59 Å². The monoisotopic (exact) mass is 617 g/mol. The number of para-hydroxylation sites is 1. The third-order valence-corrected chi connectivity index (χ3v) is 7.99. The average Bonchev–Trinajstić information content (AvgIpc) is 3.06. The van der Waals surface area contributed by atoms with Gasteiger partial charge >= 0.3 is 5.97 Å². The molecule has 0 bridgehead atoms. The molecule has 6 N–H and O–H groups in total. The van der Waals surface area contributed by atoms with Gasteiger partial charge < -0.3 is 21.9 Å². The third-order valence-electron chi connectivity index (χ3n) is 7.99. The number of fused-ring (bicyclic) bond motifs is 1. The number of anilines is 1. The Morgan fingerprint density at radius 2 is 1.48 bits per heavy atom. The van der Waals surface area contributed by atoms with Gasteiger partial charge in [0.1, 0.15) is 0 Å². The molecule has 1 fully saturated rings. The van der Waals surface area contributed by atoms with Crippen LogP contribution in [0.5, 0.6) is 0 Å². The first-order valence-electron chi connectivity index (χ1n) is 15.6. The molecular formula is C38H43N5O3. The van der Waals surface area contributed by atoms with E-state index in [-0.39, 0.29) is 6.54 Å². The zero-order chi connectivity index (χ0) is 33.1. The van der Waals surface area contributed by atoms with Gasteiger partial charge in [-0.2, -0.15) is 0 Å². The second-order valence-corrected chi connectivity index (χ2v) is 11.6. The van der Waals surface area contributed by atoms with Gasteiger partial charge in [0, 0.05) is 29.4 Å². The van der Waals surface area contributed by atoms with Crippen molar-refractivity contribution in [2.24, 2.45) is 11.5 Å². The van der Waals surface area contributed by atoms with Crippen LogP contribution in [0, 0.1) is 20.8 Å². The lowest BCUT2D eigenvalue weighted by Crippen LogP contribution is -2.25. The van der Waals surface area contributed by atoms with Crippen molar-refractivity contribution >= 4 is 28.5 Å². The summed E-state index contributed by atoms with van der Waals surface area (Å²) in [6.07, 6.45) is 9.79. The van der Waals surface area contributed by atoms with Crippen LogP contribution in [-0.2, 0) is 4.79 Å². The SMILES string of the molecule is Cc1ccccc1-c1c(C)cccc1-c1cnc2ccccc2c1.Cc1cnc(C(N)=O)c(NC2CCCCC2)c1.NCC(=O)O. The fraction of sp³-hybridized carbons (Fsp3) is 0.263. The molecule has 3 aromatic carbocycles. The topological polar surface area (TPSA) is 144 Å². The summed E-state index contributed by atoms with van der Waals surface area (Å²) in [5.41, 5.74) is 20.7. The van der Waals surface area contributed by atoms with Crippen LogP contribution in [-0.4, -0.2) is 39.5 Å². The number of nitrogens with one attached hydrogen (secondary N) is 1. The van der Waals surface area contributed by atoms with E-state index in [2.05, 4.69) is 102 Å². The van der Waals surface area contributed by atoms with Crippen molar-refractivity contribution < 1.29 is 14.7 Å². The molecule has 1 saturated carbocycles. The molecule has 5 aromatic rings. The van der Waals surface area contributed by atoms with Gasteiger partial charge in [-0.3, -0.25) is 14.6 Å². The number of hydrogen-bond acceptors (Lipinski definition) is 6. The number of aliphatic carboxylic acids is 1. The molecule has 8 nitrogen and oxygen atoms in total. The molecule has 0 atom stereocenters. The van der Waals surface area contributed by atoms with E-state index in [1.165, 1.54) is 52.5 Å². The molecule has 1 aliphatic carbocycles. The zero-order valence-corrected chi connectivity index (χ0v) is 26.8. The second-order valence-electron chi connectivity index (χ2n) is 11.6. The Balaban J connectivity index is 0.000000191. The van der Waals surface area contributed by atoms with Crippen LogP contribution in [0.1, 0.15) is 59.3 Å². The number of pyridine rings is 2. The van der Waals surface area contributed by atoms with Crippen molar-refractivity contribution in [3.63, 3.8) is 0 Å². The number of carboxylic acids is 1. The van der Waals surface area contributed by atoms with E-state index in [0.717, 1.165) is 35.2 Å². The molecule has 0 unspecified atom stereocenters. The largest absolute Gasteiger partial charge is 0.480 e. The first-order valence-corrected chi connectivity index (χ1v) is 15.6. The van der Waals surface area contributed by atoms with Gasteiger partial charge in [-0.05, 0) is 85.2 Å². The first kappa shape index (κ1) is 33.8. The number of amides is 1. The molecule has 1 amide bonds. The maximum absolute atomic E-state index is 11.3. The smallest absolute Gasteiger partial charge is 0.317 e. The fourth-order valence-corrected chi connectivity index (χ4v) is 5.68. The van der Waals surface area contributed by atoms with Crippen LogP contribution in [0.3, 0.4) is 0 Å². The number of benzene rings is 3. The second kappa shape index (κ2) is 16.3. The van der Waals surface area contributed by atoms with Crippen LogP contribution < -0.4 is 16.8 Å². The van der Waals surface area contributed by atoms with E-state index in [1.54, 1.807) is 6.20 Å². The minimum absolute atomic E-state index is 0.278. The van der Waals surface area contributed by atoms with Gasteiger partial charge in [0.2, 0.25) is 0 Å². The molecule has 0 radical (unpaired) electrons. The van der Waals surface area contributed by atoms with E-state index in [0.29, 0.717) is 11.7 Å². The summed E-state index contributed by atoms with van der Waals surface area (Å²) < 4.78 is 0. The van der Waals surface area contributed by atoms with Crippen LogP contribution in [0.25, 0.3) is 33.2 Å². The van der Waals surface area contributed by atoms with E-state index >= 15 is 0 Å². The number of nitrogens with two attached hydrogens (primary N) is 2. The lowest BCUT2D eigenvalue weighted by molar-refractivity contribution is -0.135. The van der Waals surface area contributed by atoms with Crippen LogP contribution in [0.15, 0.2) is 91.3 Å². The lowest BCUT2D eigenvalue weighted by Gasteiger charge is -2.24. The Morgan fingerprint density at radius 1 is 0.826 bits per heavy atom. The minimum atomic E-state index is -0.968. The molecule has 1 aliphatic rings. The number of carboxylic acid groups (broad SMARTS) is 1. The van der Waals surface area contributed by atoms with E-state index in [4.69, 9.17) is 10.8 Å². The summed E-state index contributed by atoms with van der Waals surface area (Å²) in [6.45, 7) is 6.04. The van der Waals surface area contributed by atoms with Gasteiger partial charge in [-0.1, -0.05) is 79.9 Å². The van der Waals surface area contributed by atoms with Crippen LogP contribution in [0.2, 0.25) is 0 Å². The molecule has 0 saturated heterocycles. The Bertz CT molecular complexity index is 1800. The molecule has 6 rings (SSSR count). The maximum atomic E-state index is 11.3. The number of primary amides is 1. The van der Waals surface area contributed by atoms with Crippen molar-refractivity contribution in [3.05, 3.63) is 114 Å². The highest BCUT2D eigenvalue weighted by Crippen LogP contribution is 2.37. The van der Waals surface area contributed by atoms with Gasteiger partial charge in [0.05, 0.1) is 17.7 Å².